The lowest BCUT2D eigenvalue weighted by Crippen LogP contribution is -2.44. The van der Waals surface area contributed by atoms with Crippen LogP contribution in [0.1, 0.15) is 6.42 Å². The van der Waals surface area contributed by atoms with Gasteiger partial charge in [-0.25, -0.2) is 0 Å². The summed E-state index contributed by atoms with van der Waals surface area (Å²) in [5.41, 5.74) is 7.12. The predicted octanol–water partition coefficient (Wildman–Crippen LogP) is 1.49. The molecule has 88 valence electrons. The van der Waals surface area contributed by atoms with Crippen molar-refractivity contribution in [3.63, 3.8) is 0 Å². The summed E-state index contributed by atoms with van der Waals surface area (Å²) in [6.45, 7) is 2.41. The van der Waals surface area contributed by atoms with Gasteiger partial charge in [-0.3, -0.25) is 0 Å². The van der Waals surface area contributed by atoms with Crippen molar-refractivity contribution in [3.05, 3.63) is 30.3 Å². The highest BCUT2D eigenvalue weighted by molar-refractivity contribution is 5.46. The van der Waals surface area contributed by atoms with Crippen LogP contribution in [0.5, 0.6) is 0 Å². The van der Waals surface area contributed by atoms with Crippen LogP contribution in [-0.4, -0.2) is 32.8 Å². The van der Waals surface area contributed by atoms with Gasteiger partial charge in [0, 0.05) is 37.8 Å². The van der Waals surface area contributed by atoms with Crippen LogP contribution in [-0.2, 0) is 4.74 Å². The van der Waals surface area contributed by atoms with E-state index in [1.807, 2.05) is 6.07 Å². The van der Waals surface area contributed by atoms with Crippen molar-refractivity contribution in [1.82, 2.24) is 0 Å². The third-order valence-corrected chi connectivity index (χ3v) is 3.41. The maximum absolute atomic E-state index is 5.89. The Hall–Kier alpha value is -1.06. The zero-order valence-electron chi connectivity index (χ0n) is 9.80. The number of anilines is 1. The van der Waals surface area contributed by atoms with E-state index in [1.165, 1.54) is 5.69 Å². The standard InChI is InChI=1S/C13H20N2O/c1-15(12-5-3-2-4-6-12)13(9-14)11-7-8-16-10-11/h2-6,11,13H,7-10,14H2,1H3. The van der Waals surface area contributed by atoms with Gasteiger partial charge in [-0.2, -0.15) is 0 Å². The third-order valence-electron chi connectivity index (χ3n) is 3.41. The minimum atomic E-state index is 0.380. The van der Waals surface area contributed by atoms with E-state index in [1.54, 1.807) is 0 Å². The van der Waals surface area contributed by atoms with E-state index in [0.717, 1.165) is 19.6 Å². The highest BCUT2D eigenvalue weighted by atomic mass is 16.5. The van der Waals surface area contributed by atoms with E-state index >= 15 is 0 Å². The first-order valence-electron chi connectivity index (χ1n) is 5.88. The molecule has 1 aromatic rings. The molecular weight excluding hydrogens is 200 g/mol. The minimum absolute atomic E-state index is 0.380. The number of hydrogen-bond donors (Lipinski definition) is 1. The highest BCUT2D eigenvalue weighted by Crippen LogP contribution is 2.23. The average molecular weight is 220 g/mol. The smallest absolute Gasteiger partial charge is 0.0515 e. The molecule has 1 aliphatic heterocycles. The number of hydrogen-bond acceptors (Lipinski definition) is 3. The molecule has 1 saturated heterocycles. The lowest BCUT2D eigenvalue weighted by atomic mass is 9.97. The van der Waals surface area contributed by atoms with E-state index in [0.29, 0.717) is 18.5 Å². The van der Waals surface area contributed by atoms with Crippen LogP contribution in [0.4, 0.5) is 5.69 Å². The molecule has 0 saturated carbocycles. The van der Waals surface area contributed by atoms with Crippen molar-refractivity contribution in [2.45, 2.75) is 12.5 Å². The highest BCUT2D eigenvalue weighted by Gasteiger charge is 2.27. The molecule has 16 heavy (non-hydrogen) atoms. The van der Waals surface area contributed by atoms with Crippen molar-refractivity contribution < 1.29 is 4.74 Å². The average Bonchev–Trinajstić information content (AvgIpc) is 2.85. The molecule has 2 N–H and O–H groups in total. The van der Waals surface area contributed by atoms with Gasteiger partial charge < -0.3 is 15.4 Å². The lowest BCUT2D eigenvalue weighted by molar-refractivity contribution is 0.180. The summed E-state index contributed by atoms with van der Waals surface area (Å²) in [7, 11) is 2.12. The van der Waals surface area contributed by atoms with Gasteiger partial charge in [-0.15, -0.1) is 0 Å². The molecule has 1 heterocycles. The van der Waals surface area contributed by atoms with Crippen LogP contribution in [0, 0.1) is 5.92 Å². The Balaban J connectivity index is 2.08. The largest absolute Gasteiger partial charge is 0.381 e. The zero-order chi connectivity index (χ0) is 11.4. The number of para-hydroxylation sites is 1. The Morgan fingerprint density at radius 1 is 1.44 bits per heavy atom. The maximum atomic E-state index is 5.89. The molecule has 3 nitrogen and oxygen atoms in total. The number of likely N-dealkylation sites (N-methyl/N-ethyl adjacent to an activating group) is 1. The Kier molecular flexibility index (Phi) is 3.80. The van der Waals surface area contributed by atoms with E-state index < -0.39 is 0 Å². The van der Waals surface area contributed by atoms with Crippen LogP contribution in [0.25, 0.3) is 0 Å². The minimum Gasteiger partial charge on any atom is -0.381 e. The van der Waals surface area contributed by atoms with Gasteiger partial charge in [0.25, 0.3) is 0 Å². The fraction of sp³-hybridized carbons (Fsp3) is 0.538. The molecule has 3 heteroatoms. The fourth-order valence-electron chi connectivity index (χ4n) is 2.38. The van der Waals surface area contributed by atoms with Crippen molar-refractivity contribution in [2.24, 2.45) is 11.7 Å². The summed E-state index contributed by atoms with van der Waals surface area (Å²) in [5.74, 6) is 0.565. The molecule has 2 rings (SSSR count). The zero-order valence-corrected chi connectivity index (χ0v) is 9.80. The Morgan fingerprint density at radius 3 is 2.75 bits per heavy atom. The summed E-state index contributed by atoms with van der Waals surface area (Å²) in [6, 6.07) is 10.8. The number of benzene rings is 1. The fourth-order valence-corrected chi connectivity index (χ4v) is 2.38. The summed E-state index contributed by atoms with van der Waals surface area (Å²) in [5, 5.41) is 0. The second kappa shape index (κ2) is 5.32. The molecule has 0 radical (unpaired) electrons. The Bertz CT molecular complexity index is 309. The third kappa shape index (κ3) is 2.36. The van der Waals surface area contributed by atoms with Crippen molar-refractivity contribution in [2.75, 3.05) is 31.7 Å². The van der Waals surface area contributed by atoms with Gasteiger partial charge in [0.05, 0.1) is 6.61 Å². The number of rotatable bonds is 4. The van der Waals surface area contributed by atoms with Gasteiger partial charge in [0.15, 0.2) is 0 Å². The van der Waals surface area contributed by atoms with Gasteiger partial charge in [0.2, 0.25) is 0 Å². The lowest BCUT2D eigenvalue weighted by Gasteiger charge is -2.32. The molecule has 0 aliphatic carbocycles. The molecular formula is C13H20N2O. The molecule has 1 fully saturated rings. The van der Waals surface area contributed by atoms with Crippen molar-refractivity contribution >= 4 is 5.69 Å². The first kappa shape index (κ1) is 11.4. The molecule has 0 bridgehead atoms. The maximum Gasteiger partial charge on any atom is 0.0515 e. The van der Waals surface area contributed by atoms with Crippen molar-refractivity contribution in [3.8, 4) is 0 Å². The van der Waals surface area contributed by atoms with Crippen LogP contribution in [0.3, 0.4) is 0 Å². The predicted molar refractivity (Wildman–Crippen MR) is 66.6 cm³/mol. The van der Waals surface area contributed by atoms with Gasteiger partial charge in [0.1, 0.15) is 0 Å². The van der Waals surface area contributed by atoms with Crippen LogP contribution in [0.15, 0.2) is 30.3 Å². The first-order chi connectivity index (χ1) is 7.83. The number of ether oxygens (including phenoxy) is 1. The van der Waals surface area contributed by atoms with E-state index in [2.05, 4.69) is 36.2 Å². The quantitative estimate of drug-likeness (QED) is 0.835. The van der Waals surface area contributed by atoms with Gasteiger partial charge >= 0.3 is 0 Å². The first-order valence-corrected chi connectivity index (χ1v) is 5.88. The molecule has 0 amide bonds. The Morgan fingerprint density at radius 2 is 2.19 bits per heavy atom. The van der Waals surface area contributed by atoms with Crippen LogP contribution < -0.4 is 10.6 Å². The summed E-state index contributed by atoms with van der Waals surface area (Å²) in [4.78, 5) is 2.28. The summed E-state index contributed by atoms with van der Waals surface area (Å²) < 4.78 is 5.44. The number of nitrogens with two attached hydrogens (primary N) is 1. The normalized spacial score (nSPS) is 22.0. The Labute approximate surface area is 97.2 Å². The van der Waals surface area contributed by atoms with Crippen molar-refractivity contribution in [1.29, 1.82) is 0 Å². The van der Waals surface area contributed by atoms with E-state index in [9.17, 15) is 0 Å². The molecule has 1 aromatic carbocycles. The van der Waals surface area contributed by atoms with Crippen LogP contribution in [0.2, 0.25) is 0 Å². The second-order valence-electron chi connectivity index (χ2n) is 4.37. The van der Waals surface area contributed by atoms with E-state index in [4.69, 9.17) is 10.5 Å². The molecule has 0 spiro atoms. The SMILES string of the molecule is CN(c1ccccc1)C(CN)C1CCOC1. The summed E-state index contributed by atoms with van der Waals surface area (Å²) >= 11 is 0. The van der Waals surface area contributed by atoms with E-state index in [-0.39, 0.29) is 0 Å². The summed E-state index contributed by atoms with van der Waals surface area (Å²) in [6.07, 6.45) is 1.12. The molecule has 2 unspecified atom stereocenters. The van der Waals surface area contributed by atoms with Crippen LogP contribution >= 0.6 is 0 Å². The number of nitrogens with zero attached hydrogens (tertiary/aromatic N) is 1. The molecule has 2 atom stereocenters. The molecule has 1 aliphatic rings. The monoisotopic (exact) mass is 220 g/mol. The second-order valence-corrected chi connectivity index (χ2v) is 4.37. The van der Waals surface area contributed by atoms with Gasteiger partial charge in [-0.05, 0) is 18.6 Å². The topological polar surface area (TPSA) is 38.5 Å². The van der Waals surface area contributed by atoms with Gasteiger partial charge in [-0.1, -0.05) is 18.2 Å². The molecule has 0 aromatic heterocycles.